The SMILES string of the molecule is COc1cc(-c2nncn2C)ccc1NN1C=Cc2cc(C)nc(N3CC(C#N)(C(C)C)C3)c2C1. The first-order valence-corrected chi connectivity index (χ1v) is 11.7. The van der Waals surface area contributed by atoms with Gasteiger partial charge in [0.25, 0.3) is 0 Å². The third kappa shape index (κ3) is 3.95. The van der Waals surface area contributed by atoms with Crippen LogP contribution in [0.25, 0.3) is 17.5 Å². The van der Waals surface area contributed by atoms with Crippen LogP contribution >= 0.6 is 0 Å². The van der Waals surface area contributed by atoms with Crippen molar-refractivity contribution in [2.24, 2.45) is 18.4 Å². The molecule has 2 aliphatic heterocycles. The summed E-state index contributed by atoms with van der Waals surface area (Å²) >= 11 is 0. The number of aromatic nitrogens is 4. The zero-order valence-electron chi connectivity index (χ0n) is 20.8. The van der Waals surface area contributed by atoms with Gasteiger partial charge in [0, 0.05) is 43.2 Å². The first kappa shape index (κ1) is 22.7. The summed E-state index contributed by atoms with van der Waals surface area (Å²) in [6.07, 6.45) is 5.81. The van der Waals surface area contributed by atoms with E-state index in [0.717, 1.165) is 39.7 Å². The molecule has 2 aliphatic rings. The Hall–Kier alpha value is -4.06. The number of ether oxygens (including phenoxy) is 1. The van der Waals surface area contributed by atoms with Crippen LogP contribution in [0.3, 0.4) is 0 Å². The smallest absolute Gasteiger partial charge is 0.163 e. The maximum atomic E-state index is 9.77. The summed E-state index contributed by atoms with van der Waals surface area (Å²) in [5.41, 5.74) is 8.23. The third-order valence-corrected chi connectivity index (χ3v) is 7.04. The van der Waals surface area contributed by atoms with Crippen molar-refractivity contribution in [3.8, 4) is 23.2 Å². The molecule has 3 aromatic rings. The average Bonchev–Trinajstić information content (AvgIpc) is 3.24. The highest BCUT2D eigenvalue weighted by Gasteiger charge is 2.47. The quantitative estimate of drug-likeness (QED) is 0.578. The normalized spacial score (nSPS) is 16.0. The van der Waals surface area contributed by atoms with Gasteiger partial charge in [0.2, 0.25) is 0 Å². The van der Waals surface area contributed by atoms with E-state index in [1.165, 1.54) is 0 Å². The summed E-state index contributed by atoms with van der Waals surface area (Å²) in [6, 6.07) is 10.6. The van der Waals surface area contributed by atoms with Crippen molar-refractivity contribution >= 4 is 17.6 Å². The summed E-state index contributed by atoms with van der Waals surface area (Å²) < 4.78 is 7.55. The minimum atomic E-state index is -0.307. The topological polar surface area (TPSA) is 95.1 Å². The van der Waals surface area contributed by atoms with Crippen LogP contribution < -0.4 is 15.1 Å². The number of hydrogen-bond acceptors (Lipinski definition) is 8. The average molecular weight is 471 g/mol. The summed E-state index contributed by atoms with van der Waals surface area (Å²) in [4.78, 5) is 7.12. The molecule has 1 fully saturated rings. The van der Waals surface area contributed by atoms with Gasteiger partial charge >= 0.3 is 0 Å². The predicted octanol–water partition coefficient (Wildman–Crippen LogP) is 3.99. The summed E-state index contributed by atoms with van der Waals surface area (Å²) in [7, 11) is 3.57. The Bertz CT molecular complexity index is 1330. The molecule has 0 unspecified atom stereocenters. The molecule has 1 aromatic carbocycles. The Morgan fingerprint density at radius 2 is 2.03 bits per heavy atom. The lowest BCUT2D eigenvalue weighted by Crippen LogP contribution is -2.59. The molecule has 0 amide bonds. The van der Waals surface area contributed by atoms with E-state index >= 15 is 0 Å². The number of hydrogen-bond donors (Lipinski definition) is 1. The molecule has 0 saturated carbocycles. The van der Waals surface area contributed by atoms with Gasteiger partial charge in [0.15, 0.2) is 5.82 Å². The molecule has 1 N–H and O–H groups in total. The van der Waals surface area contributed by atoms with Gasteiger partial charge in [-0.3, -0.25) is 10.4 Å². The molecule has 4 heterocycles. The number of nitrogens with one attached hydrogen (secondary N) is 1. The van der Waals surface area contributed by atoms with Gasteiger partial charge in [-0.1, -0.05) is 13.8 Å². The highest BCUT2D eigenvalue weighted by atomic mass is 16.5. The molecular formula is C26H30N8O. The predicted molar refractivity (Wildman–Crippen MR) is 135 cm³/mol. The van der Waals surface area contributed by atoms with Crippen molar-refractivity contribution in [3.05, 3.63) is 53.6 Å². The molecule has 5 rings (SSSR count). The number of benzene rings is 1. The monoisotopic (exact) mass is 470 g/mol. The van der Waals surface area contributed by atoms with E-state index < -0.39 is 0 Å². The van der Waals surface area contributed by atoms with E-state index in [-0.39, 0.29) is 5.41 Å². The first-order chi connectivity index (χ1) is 16.8. The van der Waals surface area contributed by atoms with Gasteiger partial charge in [-0.05, 0) is 48.7 Å². The van der Waals surface area contributed by atoms with Gasteiger partial charge in [-0.15, -0.1) is 10.2 Å². The number of pyridine rings is 1. The standard InChI is InChI=1S/C26H30N8O/c1-17(2)26(13-27)14-33(15-26)25-21-12-34(9-8-19(21)10-18(3)29-25)31-22-7-6-20(11-23(22)35-5)24-30-28-16-32(24)4/h6-11,16-17,31H,12,14-15H2,1-5H3. The fourth-order valence-corrected chi connectivity index (χ4v) is 4.72. The Kier molecular flexibility index (Phi) is 5.59. The number of aryl methyl sites for hydroxylation is 2. The molecule has 9 heteroatoms. The van der Waals surface area contributed by atoms with Gasteiger partial charge in [0.05, 0.1) is 30.8 Å². The number of nitrogens with zero attached hydrogens (tertiary/aromatic N) is 7. The first-order valence-electron chi connectivity index (χ1n) is 11.7. The second-order valence-corrected chi connectivity index (χ2v) is 9.67. The van der Waals surface area contributed by atoms with Crippen molar-refractivity contribution in [2.75, 3.05) is 30.5 Å². The number of anilines is 2. The Morgan fingerprint density at radius 1 is 1.23 bits per heavy atom. The summed E-state index contributed by atoms with van der Waals surface area (Å²) in [6.45, 7) is 8.32. The zero-order valence-corrected chi connectivity index (χ0v) is 20.8. The second kappa shape index (κ2) is 8.62. The lowest BCUT2D eigenvalue weighted by molar-refractivity contribution is 0.210. The fraction of sp³-hybridized carbons (Fsp3) is 0.385. The van der Waals surface area contributed by atoms with Crippen LogP contribution in [0, 0.1) is 29.6 Å². The van der Waals surface area contributed by atoms with Crippen LogP contribution in [0.1, 0.15) is 30.7 Å². The van der Waals surface area contributed by atoms with Crippen LogP contribution in [0.2, 0.25) is 0 Å². The molecule has 0 bridgehead atoms. The van der Waals surface area contributed by atoms with Crippen LogP contribution in [-0.4, -0.2) is 45.0 Å². The van der Waals surface area contributed by atoms with Gasteiger partial charge in [-0.2, -0.15) is 5.26 Å². The maximum Gasteiger partial charge on any atom is 0.163 e. The van der Waals surface area contributed by atoms with Crippen LogP contribution in [0.4, 0.5) is 11.5 Å². The van der Waals surface area contributed by atoms with E-state index in [1.807, 2.05) is 47.9 Å². The Balaban J connectivity index is 1.39. The molecule has 9 nitrogen and oxygen atoms in total. The molecule has 0 radical (unpaired) electrons. The van der Waals surface area contributed by atoms with Crippen LogP contribution in [0.15, 0.2) is 36.8 Å². The minimum Gasteiger partial charge on any atom is -0.494 e. The Morgan fingerprint density at radius 3 is 2.69 bits per heavy atom. The van der Waals surface area contributed by atoms with Crippen molar-refractivity contribution in [1.29, 1.82) is 5.26 Å². The van der Waals surface area contributed by atoms with Crippen LogP contribution in [-0.2, 0) is 13.6 Å². The number of fused-ring (bicyclic) bond motifs is 1. The Labute approximate surface area is 205 Å². The molecule has 35 heavy (non-hydrogen) atoms. The molecule has 2 aromatic heterocycles. The second-order valence-electron chi connectivity index (χ2n) is 9.67. The van der Waals surface area contributed by atoms with Gasteiger partial charge in [0.1, 0.15) is 17.9 Å². The fourth-order valence-electron chi connectivity index (χ4n) is 4.72. The zero-order chi connectivity index (χ0) is 24.7. The van der Waals surface area contributed by atoms with Crippen LogP contribution in [0.5, 0.6) is 5.75 Å². The lowest BCUT2D eigenvalue weighted by atomic mass is 9.72. The van der Waals surface area contributed by atoms with E-state index in [4.69, 9.17) is 9.72 Å². The van der Waals surface area contributed by atoms with E-state index in [1.54, 1.807) is 13.4 Å². The molecule has 0 aliphatic carbocycles. The molecule has 1 saturated heterocycles. The van der Waals surface area contributed by atoms with Crippen molar-refractivity contribution < 1.29 is 4.74 Å². The maximum absolute atomic E-state index is 9.77. The van der Waals surface area contributed by atoms with Crippen molar-refractivity contribution in [3.63, 3.8) is 0 Å². The highest BCUT2D eigenvalue weighted by Crippen LogP contribution is 2.42. The van der Waals surface area contributed by atoms with Gasteiger partial charge in [-0.25, -0.2) is 4.98 Å². The third-order valence-electron chi connectivity index (χ3n) is 7.04. The minimum absolute atomic E-state index is 0.305. The number of nitriles is 1. The van der Waals surface area contributed by atoms with E-state index in [9.17, 15) is 5.26 Å². The number of rotatable bonds is 6. The number of methoxy groups -OCH3 is 1. The molecule has 180 valence electrons. The van der Waals surface area contributed by atoms with Crippen molar-refractivity contribution in [1.82, 2.24) is 24.8 Å². The molecule has 0 atom stereocenters. The summed E-state index contributed by atoms with van der Waals surface area (Å²) in [5, 5.41) is 20.0. The van der Waals surface area contributed by atoms with Gasteiger partial charge < -0.3 is 14.2 Å². The molecule has 0 spiro atoms. The van der Waals surface area contributed by atoms with Crippen molar-refractivity contribution in [2.45, 2.75) is 27.3 Å². The van der Waals surface area contributed by atoms with E-state index in [2.05, 4.69) is 52.6 Å². The molecular weight excluding hydrogens is 440 g/mol. The highest BCUT2D eigenvalue weighted by molar-refractivity contribution is 5.69. The van der Waals surface area contributed by atoms with E-state index in [0.29, 0.717) is 31.3 Å². The largest absolute Gasteiger partial charge is 0.494 e. The summed E-state index contributed by atoms with van der Waals surface area (Å²) in [5.74, 6) is 2.76. The number of hydrazine groups is 1. The lowest BCUT2D eigenvalue weighted by Gasteiger charge is -2.49.